The quantitative estimate of drug-likeness (QED) is 0.492. The minimum atomic E-state index is -1.26. The summed E-state index contributed by atoms with van der Waals surface area (Å²) in [4.78, 5) is 25.4. The number of carboxylic acid groups (broad SMARTS) is 1. The summed E-state index contributed by atoms with van der Waals surface area (Å²) in [6, 6.07) is 17.6. The molecule has 1 saturated heterocycles. The first kappa shape index (κ1) is 22.3. The number of nitrogens with zero attached hydrogens (tertiary/aromatic N) is 3. The van der Waals surface area contributed by atoms with E-state index in [0.717, 1.165) is 23.0 Å². The lowest BCUT2D eigenvalue weighted by Gasteiger charge is -2.22. The largest absolute Gasteiger partial charge is 0.550 e. The van der Waals surface area contributed by atoms with Gasteiger partial charge >= 0.3 is 0 Å². The Morgan fingerprint density at radius 1 is 1.06 bits per heavy atom. The normalized spacial score (nSPS) is 21.3. The maximum atomic E-state index is 12.8. The Kier molecular flexibility index (Phi) is 7.05. The molecule has 1 heterocycles. The van der Waals surface area contributed by atoms with Crippen molar-refractivity contribution in [3.63, 3.8) is 0 Å². The van der Waals surface area contributed by atoms with E-state index in [0.29, 0.717) is 16.8 Å². The van der Waals surface area contributed by atoms with Crippen molar-refractivity contribution in [1.29, 1.82) is 0 Å². The van der Waals surface area contributed by atoms with Gasteiger partial charge < -0.3 is 9.90 Å². The van der Waals surface area contributed by atoms with Crippen LogP contribution in [0.2, 0.25) is 0 Å². The first-order chi connectivity index (χ1) is 15.5. The van der Waals surface area contributed by atoms with Gasteiger partial charge in [0.1, 0.15) is 0 Å². The number of hydrogen-bond acceptors (Lipinski definition) is 6. The van der Waals surface area contributed by atoms with E-state index in [1.54, 1.807) is 12.1 Å². The van der Waals surface area contributed by atoms with Crippen LogP contribution in [0.3, 0.4) is 0 Å². The van der Waals surface area contributed by atoms with Crippen LogP contribution in [0.4, 0.5) is 5.69 Å². The molecule has 0 N–H and O–H groups in total. The second kappa shape index (κ2) is 10.1. The second-order valence-electron chi connectivity index (χ2n) is 8.22. The third kappa shape index (κ3) is 5.10. The van der Waals surface area contributed by atoms with Crippen LogP contribution in [0.15, 0.2) is 64.8 Å². The number of aliphatic carboxylic acids is 1. The summed E-state index contributed by atoms with van der Waals surface area (Å²) >= 11 is 1.11. The molecule has 2 aliphatic rings. The highest BCUT2D eigenvalue weighted by molar-refractivity contribution is 8.16. The molecule has 0 spiro atoms. The second-order valence-corrected chi connectivity index (χ2v) is 9.39. The van der Waals surface area contributed by atoms with Crippen LogP contribution in [-0.4, -0.2) is 28.0 Å². The molecule has 4 rings (SSSR count). The van der Waals surface area contributed by atoms with E-state index in [9.17, 15) is 14.7 Å². The summed E-state index contributed by atoms with van der Waals surface area (Å²) in [7, 11) is 0. The number of carbonyl (C=O) groups is 2. The molecule has 166 valence electrons. The highest BCUT2D eigenvalue weighted by atomic mass is 32.2. The van der Waals surface area contributed by atoms with Gasteiger partial charge in [0.2, 0.25) is 5.91 Å². The van der Waals surface area contributed by atoms with Crippen LogP contribution in [-0.2, 0) is 9.59 Å². The molecule has 1 aliphatic heterocycles. The SMILES string of the molecule is C/C(=N\N=C1\SC(CC(=O)[O-])C(=O)N1c1ccccc1)c1ccc(C2CCCCC2)cc1. The molecule has 2 aromatic carbocycles. The van der Waals surface area contributed by atoms with Crippen molar-refractivity contribution >= 4 is 40.2 Å². The van der Waals surface area contributed by atoms with Crippen molar-refractivity contribution < 1.29 is 14.7 Å². The molecule has 1 aliphatic carbocycles. The summed E-state index contributed by atoms with van der Waals surface area (Å²) in [5.74, 6) is -0.937. The van der Waals surface area contributed by atoms with Gasteiger partial charge in [0.25, 0.3) is 0 Å². The minimum Gasteiger partial charge on any atom is -0.550 e. The topological polar surface area (TPSA) is 85.2 Å². The number of benzene rings is 2. The van der Waals surface area contributed by atoms with E-state index in [1.165, 1.54) is 42.6 Å². The van der Waals surface area contributed by atoms with Crippen LogP contribution < -0.4 is 10.0 Å². The Morgan fingerprint density at radius 2 is 1.75 bits per heavy atom. The average molecular weight is 449 g/mol. The first-order valence-corrected chi connectivity index (χ1v) is 11.9. The molecule has 2 fully saturated rings. The number of carboxylic acids is 1. The molecular weight excluding hydrogens is 422 g/mol. The van der Waals surface area contributed by atoms with Crippen LogP contribution in [0.5, 0.6) is 0 Å². The fraction of sp³-hybridized carbons (Fsp3) is 0.360. The molecule has 0 aromatic heterocycles. The van der Waals surface area contributed by atoms with Crippen LogP contribution >= 0.6 is 11.8 Å². The van der Waals surface area contributed by atoms with Crippen LogP contribution in [0.1, 0.15) is 62.5 Å². The van der Waals surface area contributed by atoms with Crippen molar-refractivity contribution in [2.24, 2.45) is 10.2 Å². The third-order valence-electron chi connectivity index (χ3n) is 5.99. The van der Waals surface area contributed by atoms with Crippen molar-refractivity contribution in [2.75, 3.05) is 4.90 Å². The fourth-order valence-electron chi connectivity index (χ4n) is 4.24. The zero-order valence-corrected chi connectivity index (χ0v) is 18.9. The summed E-state index contributed by atoms with van der Waals surface area (Å²) < 4.78 is 0. The standard InChI is InChI=1S/C25H27N3O3S/c1-17(18-12-14-20(15-13-18)19-8-4-2-5-9-19)26-27-25-28(21-10-6-3-7-11-21)24(31)22(32-25)16-23(29)30/h3,6-7,10-15,19,22H,2,4-5,8-9,16H2,1H3,(H,29,30)/p-1/b26-17+,27-25+. The van der Waals surface area contributed by atoms with Gasteiger partial charge in [0.05, 0.1) is 16.6 Å². The molecule has 6 nitrogen and oxygen atoms in total. The molecule has 1 unspecified atom stereocenters. The van der Waals surface area contributed by atoms with Gasteiger partial charge in [-0.15, -0.1) is 5.10 Å². The summed E-state index contributed by atoms with van der Waals surface area (Å²) in [5, 5.41) is 19.4. The Balaban J connectivity index is 1.56. The van der Waals surface area contributed by atoms with Crippen LogP contribution in [0, 0.1) is 0 Å². The highest BCUT2D eigenvalue weighted by Gasteiger charge is 2.39. The first-order valence-electron chi connectivity index (χ1n) is 11.0. The maximum Gasteiger partial charge on any atom is 0.247 e. The number of thioether (sulfide) groups is 1. The molecule has 0 radical (unpaired) electrons. The molecule has 32 heavy (non-hydrogen) atoms. The van der Waals surface area contributed by atoms with Gasteiger partial charge in [0, 0.05) is 12.4 Å². The molecule has 7 heteroatoms. The van der Waals surface area contributed by atoms with Gasteiger partial charge in [-0.25, -0.2) is 0 Å². The number of para-hydroxylation sites is 1. The predicted molar refractivity (Wildman–Crippen MR) is 127 cm³/mol. The van der Waals surface area contributed by atoms with Gasteiger partial charge in [-0.3, -0.25) is 9.69 Å². The number of hydrogen-bond donors (Lipinski definition) is 0. The lowest BCUT2D eigenvalue weighted by molar-refractivity contribution is -0.305. The van der Waals surface area contributed by atoms with E-state index in [-0.39, 0.29) is 12.3 Å². The lowest BCUT2D eigenvalue weighted by Crippen LogP contribution is -2.35. The van der Waals surface area contributed by atoms with Gasteiger partial charge in [-0.05, 0) is 48.9 Å². The van der Waals surface area contributed by atoms with Gasteiger partial charge in [-0.1, -0.05) is 73.5 Å². The molecular formula is C25H26N3O3S-. The van der Waals surface area contributed by atoms with Gasteiger partial charge in [0.15, 0.2) is 5.17 Å². The monoisotopic (exact) mass is 448 g/mol. The Bertz CT molecular complexity index is 1030. The minimum absolute atomic E-state index is 0.325. The molecule has 1 saturated carbocycles. The maximum absolute atomic E-state index is 12.8. The molecule has 1 amide bonds. The summed E-state index contributed by atoms with van der Waals surface area (Å²) in [5.41, 5.74) is 3.72. The number of amidine groups is 1. The molecule has 2 aromatic rings. The molecule has 1 atom stereocenters. The van der Waals surface area contributed by atoms with E-state index < -0.39 is 11.2 Å². The number of carbonyl (C=O) groups excluding carboxylic acids is 2. The number of amides is 1. The van der Waals surface area contributed by atoms with Crippen molar-refractivity contribution in [2.45, 2.75) is 56.6 Å². The zero-order chi connectivity index (χ0) is 22.5. The van der Waals surface area contributed by atoms with E-state index in [2.05, 4.69) is 34.5 Å². The smallest absolute Gasteiger partial charge is 0.247 e. The zero-order valence-electron chi connectivity index (χ0n) is 18.1. The Morgan fingerprint density at radius 3 is 2.41 bits per heavy atom. The summed E-state index contributed by atoms with van der Waals surface area (Å²) in [6.45, 7) is 1.88. The lowest BCUT2D eigenvalue weighted by atomic mass is 9.84. The average Bonchev–Trinajstić information content (AvgIpc) is 3.13. The third-order valence-corrected chi connectivity index (χ3v) is 7.12. The fourth-order valence-corrected chi connectivity index (χ4v) is 5.31. The predicted octanol–water partition coefficient (Wildman–Crippen LogP) is 4.10. The Hall–Kier alpha value is -2.93. The van der Waals surface area contributed by atoms with Gasteiger partial charge in [-0.2, -0.15) is 5.10 Å². The summed E-state index contributed by atoms with van der Waals surface area (Å²) in [6.07, 6.45) is 6.10. The molecule has 0 bridgehead atoms. The van der Waals surface area contributed by atoms with E-state index in [1.807, 2.05) is 25.1 Å². The highest BCUT2D eigenvalue weighted by Crippen LogP contribution is 2.34. The van der Waals surface area contributed by atoms with E-state index >= 15 is 0 Å². The van der Waals surface area contributed by atoms with Crippen LogP contribution in [0.25, 0.3) is 0 Å². The van der Waals surface area contributed by atoms with Crippen molar-refractivity contribution in [3.8, 4) is 0 Å². The Labute approximate surface area is 192 Å². The number of rotatable bonds is 6. The van der Waals surface area contributed by atoms with Crippen molar-refractivity contribution in [1.82, 2.24) is 0 Å². The number of anilines is 1. The van der Waals surface area contributed by atoms with Crippen molar-refractivity contribution in [3.05, 3.63) is 65.7 Å². The van der Waals surface area contributed by atoms with E-state index in [4.69, 9.17) is 0 Å².